The first-order valence-electron chi connectivity index (χ1n) is 5.38. The van der Waals surface area contributed by atoms with Crippen LogP contribution in [0.15, 0.2) is 36.4 Å². The maximum atomic E-state index is 12.3. The van der Waals surface area contributed by atoms with Crippen molar-refractivity contribution in [2.45, 2.75) is 0 Å². The van der Waals surface area contributed by atoms with Crippen LogP contribution in [0.2, 0.25) is 0 Å². The smallest absolute Gasteiger partial charge is 0.233 e. The van der Waals surface area contributed by atoms with Gasteiger partial charge in [0.2, 0.25) is 11.6 Å². The van der Waals surface area contributed by atoms with E-state index in [4.69, 9.17) is 0 Å². The van der Waals surface area contributed by atoms with Crippen molar-refractivity contribution < 1.29 is 9.59 Å². The van der Waals surface area contributed by atoms with Gasteiger partial charge in [0.05, 0.1) is 0 Å². The van der Waals surface area contributed by atoms with Crippen molar-refractivity contribution in [2.75, 3.05) is 0 Å². The van der Waals surface area contributed by atoms with Gasteiger partial charge >= 0.3 is 0 Å². The van der Waals surface area contributed by atoms with E-state index in [0.29, 0.717) is 11.1 Å². The molecule has 0 aliphatic heterocycles. The lowest BCUT2D eigenvalue weighted by Gasteiger charge is -2.04. The van der Waals surface area contributed by atoms with Crippen LogP contribution in [0.4, 0.5) is 0 Å². The minimum atomic E-state index is -0.459. The van der Waals surface area contributed by atoms with Gasteiger partial charge in [0.1, 0.15) is 0 Å². The Morgan fingerprint density at radius 1 is 0.550 bits per heavy atom. The van der Waals surface area contributed by atoms with Gasteiger partial charge in [0.15, 0.2) is 0 Å². The number of carbonyl (C=O) groups excluding carboxylic acids is 2. The number of halogens is 4. The van der Waals surface area contributed by atoms with Gasteiger partial charge in [-0.05, 0) is 127 Å². The molecule has 0 amide bonds. The van der Waals surface area contributed by atoms with Crippen LogP contribution >= 0.6 is 90.4 Å². The molecule has 0 spiro atoms. The summed E-state index contributed by atoms with van der Waals surface area (Å²) in [6, 6.07) is 10.9. The van der Waals surface area contributed by atoms with Gasteiger partial charge in [-0.25, -0.2) is 0 Å². The molecule has 0 atom stereocenters. The molecular weight excluding hydrogens is 708 g/mol. The van der Waals surface area contributed by atoms with Gasteiger partial charge in [-0.3, -0.25) is 9.59 Å². The number of hydrogen-bond donors (Lipinski definition) is 0. The van der Waals surface area contributed by atoms with Gasteiger partial charge in [-0.15, -0.1) is 0 Å². The molecule has 0 radical (unpaired) electrons. The standard InChI is InChI=1S/C14H6I4O2/c15-9-1-7(2-10(16)5-9)13(19)14(20)8-3-11(17)6-12(18)4-8/h1-6H. The van der Waals surface area contributed by atoms with E-state index in [9.17, 15) is 9.59 Å². The highest BCUT2D eigenvalue weighted by Gasteiger charge is 2.19. The first-order chi connectivity index (χ1) is 9.36. The second kappa shape index (κ2) is 7.31. The van der Waals surface area contributed by atoms with Crippen LogP contribution in [0, 0.1) is 14.3 Å². The molecule has 2 nitrogen and oxygen atoms in total. The number of carbonyl (C=O) groups is 2. The molecule has 0 saturated heterocycles. The summed E-state index contributed by atoms with van der Waals surface area (Å²) < 4.78 is 3.79. The fraction of sp³-hybridized carbons (Fsp3) is 0. The molecule has 0 saturated carbocycles. The Hall–Kier alpha value is 0.700. The van der Waals surface area contributed by atoms with Crippen molar-refractivity contribution in [2.24, 2.45) is 0 Å². The van der Waals surface area contributed by atoms with Crippen molar-refractivity contribution in [1.82, 2.24) is 0 Å². The molecule has 0 bridgehead atoms. The second-order valence-electron chi connectivity index (χ2n) is 3.97. The van der Waals surface area contributed by atoms with E-state index < -0.39 is 11.6 Å². The molecule has 0 heterocycles. The molecule has 20 heavy (non-hydrogen) atoms. The summed E-state index contributed by atoms with van der Waals surface area (Å²) in [5.74, 6) is -0.918. The Morgan fingerprint density at radius 3 is 1.05 bits per heavy atom. The number of hydrogen-bond acceptors (Lipinski definition) is 2. The Bertz CT molecular complexity index is 608. The van der Waals surface area contributed by atoms with E-state index in [-0.39, 0.29) is 0 Å². The van der Waals surface area contributed by atoms with E-state index in [2.05, 4.69) is 90.4 Å². The highest BCUT2D eigenvalue weighted by Crippen LogP contribution is 2.19. The van der Waals surface area contributed by atoms with Crippen molar-refractivity contribution >= 4 is 102 Å². The fourth-order valence-corrected chi connectivity index (χ4v) is 5.51. The van der Waals surface area contributed by atoms with Crippen LogP contribution in [0.5, 0.6) is 0 Å². The molecule has 0 fully saturated rings. The predicted octanol–water partition coefficient (Wildman–Crippen LogP) is 5.17. The summed E-state index contributed by atoms with van der Waals surface area (Å²) in [5.41, 5.74) is 0.889. The highest BCUT2D eigenvalue weighted by molar-refractivity contribution is 14.1. The zero-order valence-electron chi connectivity index (χ0n) is 9.79. The summed E-state index contributed by atoms with van der Waals surface area (Å²) in [6.07, 6.45) is 0. The van der Waals surface area contributed by atoms with Crippen LogP contribution in [0.1, 0.15) is 20.7 Å². The third kappa shape index (κ3) is 4.35. The molecule has 0 unspecified atom stereocenters. The van der Waals surface area contributed by atoms with Gasteiger partial charge in [0.25, 0.3) is 0 Å². The molecule has 102 valence electrons. The zero-order valence-corrected chi connectivity index (χ0v) is 18.4. The van der Waals surface area contributed by atoms with Crippen LogP contribution in [-0.2, 0) is 0 Å². The minimum absolute atomic E-state index is 0.445. The molecule has 0 aromatic heterocycles. The van der Waals surface area contributed by atoms with Crippen molar-refractivity contribution in [3.05, 3.63) is 61.8 Å². The molecule has 0 aliphatic carbocycles. The van der Waals surface area contributed by atoms with Crippen LogP contribution in [0.3, 0.4) is 0 Å². The second-order valence-corrected chi connectivity index (χ2v) is 8.96. The lowest BCUT2D eigenvalue weighted by molar-refractivity contribution is 0.0817. The van der Waals surface area contributed by atoms with E-state index in [1.54, 1.807) is 24.3 Å². The maximum Gasteiger partial charge on any atom is 0.233 e. The lowest BCUT2D eigenvalue weighted by atomic mass is 10.0. The van der Waals surface area contributed by atoms with Crippen molar-refractivity contribution in [3.63, 3.8) is 0 Å². The first kappa shape index (κ1) is 17.1. The molecule has 2 rings (SSSR count). The third-order valence-electron chi connectivity index (χ3n) is 2.46. The number of ketones is 2. The van der Waals surface area contributed by atoms with Gasteiger partial charge in [-0.1, -0.05) is 0 Å². The topological polar surface area (TPSA) is 34.1 Å². The lowest BCUT2D eigenvalue weighted by Crippen LogP contribution is -2.15. The Labute approximate surface area is 171 Å². The van der Waals surface area contributed by atoms with Crippen LogP contribution < -0.4 is 0 Å². The number of Topliss-reactive ketones (excluding diaryl/α,β-unsaturated/α-hetero) is 2. The molecular formula is C14H6I4O2. The molecule has 6 heteroatoms. The van der Waals surface area contributed by atoms with E-state index in [1.807, 2.05) is 12.1 Å². The molecule has 2 aromatic rings. The summed E-state index contributed by atoms with van der Waals surface area (Å²) >= 11 is 8.57. The minimum Gasteiger partial charge on any atom is -0.285 e. The Kier molecular flexibility index (Phi) is 6.23. The maximum absolute atomic E-state index is 12.3. The molecule has 0 N–H and O–H groups in total. The Morgan fingerprint density at radius 2 is 0.800 bits per heavy atom. The van der Waals surface area contributed by atoms with Crippen LogP contribution in [0.25, 0.3) is 0 Å². The SMILES string of the molecule is O=C(C(=O)c1cc(I)cc(I)c1)c1cc(I)cc(I)c1. The van der Waals surface area contributed by atoms with Crippen molar-refractivity contribution in [3.8, 4) is 0 Å². The quantitative estimate of drug-likeness (QED) is 0.250. The van der Waals surface area contributed by atoms with Crippen LogP contribution in [-0.4, -0.2) is 11.6 Å². The van der Waals surface area contributed by atoms with E-state index in [1.165, 1.54) is 0 Å². The number of rotatable bonds is 3. The average molecular weight is 714 g/mol. The summed E-state index contributed by atoms with van der Waals surface area (Å²) in [7, 11) is 0. The summed E-state index contributed by atoms with van der Waals surface area (Å²) in [4.78, 5) is 24.6. The normalized spacial score (nSPS) is 10.4. The fourth-order valence-electron chi connectivity index (χ4n) is 1.63. The van der Waals surface area contributed by atoms with E-state index in [0.717, 1.165) is 14.3 Å². The zero-order chi connectivity index (χ0) is 14.9. The number of benzene rings is 2. The molecule has 2 aromatic carbocycles. The third-order valence-corrected chi connectivity index (χ3v) is 4.95. The summed E-state index contributed by atoms with van der Waals surface area (Å²) in [5, 5.41) is 0. The van der Waals surface area contributed by atoms with Gasteiger partial charge in [-0.2, -0.15) is 0 Å². The summed E-state index contributed by atoms with van der Waals surface area (Å²) in [6.45, 7) is 0. The van der Waals surface area contributed by atoms with Gasteiger partial charge in [0, 0.05) is 25.4 Å². The van der Waals surface area contributed by atoms with Gasteiger partial charge < -0.3 is 0 Å². The average Bonchev–Trinajstić information content (AvgIpc) is 2.34. The van der Waals surface area contributed by atoms with Crippen molar-refractivity contribution in [1.29, 1.82) is 0 Å². The monoisotopic (exact) mass is 714 g/mol. The molecule has 0 aliphatic rings. The van der Waals surface area contributed by atoms with E-state index >= 15 is 0 Å². The predicted molar refractivity (Wildman–Crippen MR) is 112 cm³/mol. The Balaban J connectivity index is 2.39. The first-order valence-corrected chi connectivity index (χ1v) is 9.69. The highest BCUT2D eigenvalue weighted by atomic mass is 127. The largest absolute Gasteiger partial charge is 0.285 e.